The van der Waals surface area contributed by atoms with E-state index < -0.39 is 5.97 Å². The van der Waals surface area contributed by atoms with E-state index in [1.807, 2.05) is 18.7 Å². The molecule has 0 N–H and O–H groups in total. The van der Waals surface area contributed by atoms with Crippen molar-refractivity contribution in [3.63, 3.8) is 0 Å². The smallest absolute Gasteiger partial charge is 0.338 e. The summed E-state index contributed by atoms with van der Waals surface area (Å²) in [6, 6.07) is 10.2. The second-order valence-electron chi connectivity index (χ2n) is 7.90. The lowest BCUT2D eigenvalue weighted by molar-refractivity contribution is -0.140. The van der Waals surface area contributed by atoms with E-state index in [-0.39, 0.29) is 36.8 Å². The van der Waals surface area contributed by atoms with E-state index in [0.29, 0.717) is 21.5 Å². The Hall–Kier alpha value is -2.44. The molecule has 0 saturated carbocycles. The Kier molecular flexibility index (Phi) is 8.26. The minimum atomic E-state index is -0.596. The molecule has 32 heavy (non-hydrogen) atoms. The van der Waals surface area contributed by atoms with Gasteiger partial charge in [-0.2, -0.15) is 0 Å². The topological polar surface area (TPSA) is 65.1 Å². The van der Waals surface area contributed by atoms with Gasteiger partial charge < -0.3 is 19.1 Å². The maximum atomic E-state index is 12.6. The zero-order valence-corrected chi connectivity index (χ0v) is 19.9. The van der Waals surface area contributed by atoms with E-state index >= 15 is 0 Å². The minimum absolute atomic E-state index is 0.149. The highest BCUT2D eigenvalue weighted by Crippen LogP contribution is 2.30. The molecule has 1 amide bonds. The van der Waals surface area contributed by atoms with Crippen molar-refractivity contribution in [3.05, 3.63) is 57.6 Å². The monoisotopic (exact) mass is 479 g/mol. The number of hydrogen-bond donors (Lipinski definition) is 0. The molecule has 1 heterocycles. The van der Waals surface area contributed by atoms with E-state index in [2.05, 4.69) is 0 Å². The highest BCUT2D eigenvalue weighted by Gasteiger charge is 2.29. The van der Waals surface area contributed by atoms with Crippen molar-refractivity contribution in [1.82, 2.24) is 4.90 Å². The van der Waals surface area contributed by atoms with Crippen LogP contribution in [-0.4, -0.2) is 42.6 Å². The molecule has 0 bridgehead atoms. The summed E-state index contributed by atoms with van der Waals surface area (Å²) in [7, 11) is 1.48. The molecule has 1 saturated heterocycles. The molecule has 6 nitrogen and oxygen atoms in total. The Morgan fingerprint density at radius 2 is 1.75 bits per heavy atom. The predicted octanol–water partition coefficient (Wildman–Crippen LogP) is 5.53. The molecule has 8 heteroatoms. The normalized spacial score (nSPS) is 18.2. The number of amides is 1. The lowest BCUT2D eigenvalue weighted by atomic mass is 9.97. The molecule has 2 aromatic rings. The molecule has 2 aromatic carbocycles. The molecule has 0 spiro atoms. The van der Waals surface area contributed by atoms with Gasteiger partial charge in [-0.3, -0.25) is 4.79 Å². The maximum Gasteiger partial charge on any atom is 0.338 e. The number of nitrogens with zero attached hydrogens (tertiary/aromatic N) is 1. The average Bonchev–Trinajstić information content (AvgIpc) is 2.76. The SMILES string of the molecule is COc1cc(C(=O)OCC(=O)N2[C@H](C)CCC[C@H]2C)ccc1OCc1ccc(Cl)cc1Cl. The first kappa shape index (κ1) is 24.2. The Morgan fingerprint density at radius 3 is 2.41 bits per heavy atom. The molecule has 172 valence electrons. The third-order valence-corrected chi connectivity index (χ3v) is 6.19. The van der Waals surface area contributed by atoms with Gasteiger partial charge in [0, 0.05) is 27.7 Å². The van der Waals surface area contributed by atoms with E-state index in [1.54, 1.807) is 30.3 Å². The van der Waals surface area contributed by atoms with Crippen LogP contribution in [0.5, 0.6) is 11.5 Å². The van der Waals surface area contributed by atoms with Gasteiger partial charge in [0.1, 0.15) is 6.61 Å². The van der Waals surface area contributed by atoms with Crippen LogP contribution in [0.2, 0.25) is 10.0 Å². The third-order valence-electron chi connectivity index (χ3n) is 5.61. The third kappa shape index (κ3) is 5.87. The number of carbonyl (C=O) groups excluding carboxylic acids is 2. The number of likely N-dealkylation sites (tertiary alicyclic amines) is 1. The number of carbonyl (C=O) groups is 2. The van der Waals surface area contributed by atoms with Gasteiger partial charge in [0.05, 0.1) is 12.7 Å². The van der Waals surface area contributed by atoms with Crippen molar-refractivity contribution in [2.24, 2.45) is 0 Å². The molecule has 0 aliphatic carbocycles. The molecule has 0 radical (unpaired) electrons. The number of halogens is 2. The van der Waals surface area contributed by atoms with Crippen LogP contribution < -0.4 is 9.47 Å². The summed E-state index contributed by atoms with van der Waals surface area (Å²) >= 11 is 12.1. The van der Waals surface area contributed by atoms with E-state index in [4.69, 9.17) is 37.4 Å². The second kappa shape index (κ2) is 10.9. The number of esters is 1. The molecule has 1 aliphatic heterocycles. The largest absolute Gasteiger partial charge is 0.493 e. The minimum Gasteiger partial charge on any atom is -0.493 e. The zero-order chi connectivity index (χ0) is 23.3. The maximum absolute atomic E-state index is 12.6. The summed E-state index contributed by atoms with van der Waals surface area (Å²) in [5.74, 6) is 0.0438. The average molecular weight is 480 g/mol. The Morgan fingerprint density at radius 1 is 1.03 bits per heavy atom. The van der Waals surface area contributed by atoms with Gasteiger partial charge in [0.15, 0.2) is 18.1 Å². The van der Waals surface area contributed by atoms with Crippen LogP contribution in [0.1, 0.15) is 49.0 Å². The summed E-state index contributed by atoms with van der Waals surface area (Å²) in [6.07, 6.45) is 3.03. The van der Waals surface area contributed by atoms with Gasteiger partial charge in [-0.15, -0.1) is 0 Å². The Bertz CT molecular complexity index is 971. The van der Waals surface area contributed by atoms with E-state index in [0.717, 1.165) is 24.8 Å². The quantitative estimate of drug-likeness (QED) is 0.488. The molecular weight excluding hydrogens is 453 g/mol. The summed E-state index contributed by atoms with van der Waals surface area (Å²) in [6.45, 7) is 3.96. The predicted molar refractivity (Wildman–Crippen MR) is 124 cm³/mol. The summed E-state index contributed by atoms with van der Waals surface area (Å²) in [5, 5.41) is 1.04. The van der Waals surface area contributed by atoms with E-state index in [1.165, 1.54) is 13.2 Å². The van der Waals surface area contributed by atoms with Gasteiger partial charge in [0.2, 0.25) is 0 Å². The number of hydrogen-bond acceptors (Lipinski definition) is 5. The molecule has 3 rings (SSSR count). The molecule has 1 fully saturated rings. The number of rotatable bonds is 7. The highest BCUT2D eigenvalue weighted by atomic mass is 35.5. The zero-order valence-electron chi connectivity index (χ0n) is 18.4. The number of piperidine rings is 1. The second-order valence-corrected chi connectivity index (χ2v) is 8.74. The molecule has 0 aromatic heterocycles. The van der Waals surface area contributed by atoms with Crippen LogP contribution >= 0.6 is 23.2 Å². The van der Waals surface area contributed by atoms with Gasteiger partial charge in [-0.25, -0.2) is 4.79 Å². The van der Waals surface area contributed by atoms with Crippen LogP contribution in [-0.2, 0) is 16.1 Å². The lowest BCUT2D eigenvalue weighted by Crippen LogP contribution is -2.49. The van der Waals surface area contributed by atoms with Crippen molar-refractivity contribution in [2.45, 2.75) is 51.8 Å². The van der Waals surface area contributed by atoms with Crippen LogP contribution in [0.15, 0.2) is 36.4 Å². The van der Waals surface area contributed by atoms with Crippen molar-refractivity contribution in [3.8, 4) is 11.5 Å². The molecule has 2 atom stereocenters. The first-order chi connectivity index (χ1) is 15.3. The van der Waals surface area contributed by atoms with Crippen LogP contribution in [0.25, 0.3) is 0 Å². The Balaban J connectivity index is 1.61. The fourth-order valence-electron chi connectivity index (χ4n) is 3.91. The van der Waals surface area contributed by atoms with Crippen molar-refractivity contribution < 1.29 is 23.8 Å². The fraction of sp³-hybridized carbons (Fsp3) is 0.417. The first-order valence-corrected chi connectivity index (χ1v) is 11.3. The molecular formula is C24H27Cl2NO5. The van der Waals surface area contributed by atoms with Gasteiger partial charge in [0.25, 0.3) is 5.91 Å². The number of ether oxygens (including phenoxy) is 3. The van der Waals surface area contributed by atoms with Crippen LogP contribution in [0, 0.1) is 0 Å². The Labute approximate surface area is 198 Å². The van der Waals surface area contributed by atoms with Gasteiger partial charge >= 0.3 is 5.97 Å². The summed E-state index contributed by atoms with van der Waals surface area (Å²) in [4.78, 5) is 26.9. The number of benzene rings is 2. The van der Waals surface area contributed by atoms with Gasteiger partial charge in [-0.05, 0) is 63.4 Å². The van der Waals surface area contributed by atoms with Crippen LogP contribution in [0.3, 0.4) is 0 Å². The summed E-state index contributed by atoms with van der Waals surface area (Å²) in [5.41, 5.74) is 1.03. The number of methoxy groups -OCH3 is 1. The molecule has 1 aliphatic rings. The van der Waals surface area contributed by atoms with Crippen molar-refractivity contribution in [2.75, 3.05) is 13.7 Å². The molecule has 0 unspecified atom stereocenters. The first-order valence-electron chi connectivity index (χ1n) is 10.5. The van der Waals surface area contributed by atoms with Crippen molar-refractivity contribution in [1.29, 1.82) is 0 Å². The van der Waals surface area contributed by atoms with Crippen molar-refractivity contribution >= 4 is 35.1 Å². The summed E-state index contributed by atoms with van der Waals surface area (Å²) < 4.78 is 16.4. The highest BCUT2D eigenvalue weighted by molar-refractivity contribution is 6.35. The fourth-order valence-corrected chi connectivity index (χ4v) is 4.37. The standard InChI is InChI=1S/C24H27Cl2NO5/c1-15-5-4-6-16(2)27(15)23(28)14-32-24(29)17-8-10-21(22(11-17)30-3)31-13-18-7-9-19(25)12-20(18)26/h7-12,15-16H,4-6,13-14H2,1-3H3/t15-,16-/m1/s1. The lowest BCUT2D eigenvalue weighted by Gasteiger charge is -2.38. The van der Waals surface area contributed by atoms with E-state index in [9.17, 15) is 9.59 Å². The van der Waals surface area contributed by atoms with Gasteiger partial charge in [-0.1, -0.05) is 29.3 Å². The van der Waals surface area contributed by atoms with Crippen LogP contribution in [0.4, 0.5) is 0 Å².